The van der Waals surface area contributed by atoms with E-state index in [1.807, 2.05) is 0 Å². The third-order valence-electron chi connectivity index (χ3n) is 3.58. The van der Waals surface area contributed by atoms with Gasteiger partial charge in [-0.3, -0.25) is 4.79 Å². The van der Waals surface area contributed by atoms with Gasteiger partial charge in [-0.05, 0) is 48.5 Å². The minimum absolute atomic E-state index is 0.0606. The van der Waals surface area contributed by atoms with Crippen molar-refractivity contribution in [2.24, 2.45) is 0 Å². The van der Waals surface area contributed by atoms with Crippen LogP contribution in [0.25, 0.3) is 0 Å². The highest BCUT2D eigenvalue weighted by Gasteiger charge is 2.20. The number of carbonyl (C=O) groups excluding carboxylic acids is 1. The molecule has 0 fully saturated rings. The number of nitrogens with zero attached hydrogens (tertiary/aromatic N) is 1. The van der Waals surface area contributed by atoms with E-state index in [2.05, 4.69) is 26.2 Å². The minimum atomic E-state index is -3.82. The van der Waals surface area contributed by atoms with Crippen LogP contribution in [0.5, 0.6) is 0 Å². The van der Waals surface area contributed by atoms with Crippen LogP contribution in [0.15, 0.2) is 75.2 Å². The van der Waals surface area contributed by atoms with Gasteiger partial charge in [0, 0.05) is 22.4 Å². The molecule has 9 heteroatoms. The summed E-state index contributed by atoms with van der Waals surface area (Å²) < 4.78 is 51.9. The Bertz CT molecular complexity index is 1100. The highest BCUT2D eigenvalue weighted by Crippen LogP contribution is 2.21. The number of benzene rings is 2. The molecule has 0 spiro atoms. The lowest BCUT2D eigenvalue weighted by Crippen LogP contribution is -2.13. The van der Waals surface area contributed by atoms with Crippen LogP contribution in [0, 0.1) is 11.6 Å². The minimum Gasteiger partial charge on any atom is -0.322 e. The molecule has 0 aliphatic carbocycles. The van der Waals surface area contributed by atoms with Crippen molar-refractivity contribution in [3.05, 3.63) is 82.5 Å². The van der Waals surface area contributed by atoms with Crippen molar-refractivity contribution in [2.45, 2.75) is 9.92 Å². The third-order valence-corrected chi connectivity index (χ3v) is 5.79. The summed E-state index contributed by atoms with van der Waals surface area (Å²) in [6.07, 6.45) is 1.10. The van der Waals surface area contributed by atoms with E-state index in [4.69, 9.17) is 0 Å². The second-order valence-electron chi connectivity index (χ2n) is 5.43. The highest BCUT2D eigenvalue weighted by atomic mass is 79.9. The van der Waals surface area contributed by atoms with Crippen LogP contribution in [-0.2, 0) is 9.84 Å². The number of amides is 1. The van der Waals surface area contributed by atoms with Crippen LogP contribution in [-0.4, -0.2) is 19.3 Å². The van der Waals surface area contributed by atoms with E-state index in [-0.39, 0.29) is 21.2 Å². The maximum Gasteiger partial charge on any atom is 0.257 e. The standard InChI is InChI=1S/C18H11BrF2N2O3S/c19-12-2-5-14(6-3-12)27(25,26)17-8-1-11(10-22-17)18(24)23-13-4-7-15(20)16(21)9-13/h1-10H,(H,23,24). The molecular formula is C18H11BrF2N2O3S. The fraction of sp³-hybridized carbons (Fsp3) is 0. The number of nitrogens with one attached hydrogen (secondary N) is 1. The summed E-state index contributed by atoms with van der Waals surface area (Å²) in [5, 5.41) is 2.17. The SMILES string of the molecule is O=C(Nc1ccc(F)c(F)c1)c1ccc(S(=O)(=O)c2ccc(Br)cc2)nc1. The van der Waals surface area contributed by atoms with E-state index in [9.17, 15) is 22.0 Å². The van der Waals surface area contributed by atoms with Crippen LogP contribution in [0.3, 0.4) is 0 Å². The number of rotatable bonds is 4. The summed E-state index contributed by atoms with van der Waals surface area (Å²) in [6, 6.07) is 11.5. The lowest BCUT2D eigenvalue weighted by atomic mass is 10.2. The molecule has 0 bridgehead atoms. The van der Waals surface area contributed by atoms with Gasteiger partial charge in [0.15, 0.2) is 16.7 Å². The summed E-state index contributed by atoms with van der Waals surface area (Å²) >= 11 is 3.23. The van der Waals surface area contributed by atoms with Gasteiger partial charge in [-0.15, -0.1) is 0 Å². The van der Waals surface area contributed by atoms with Gasteiger partial charge in [-0.2, -0.15) is 0 Å². The molecule has 1 N–H and O–H groups in total. The smallest absolute Gasteiger partial charge is 0.257 e. The quantitative estimate of drug-likeness (QED) is 0.643. The second kappa shape index (κ2) is 7.53. The first-order valence-electron chi connectivity index (χ1n) is 7.50. The van der Waals surface area contributed by atoms with E-state index in [0.29, 0.717) is 0 Å². The van der Waals surface area contributed by atoms with Crippen molar-refractivity contribution in [1.29, 1.82) is 0 Å². The van der Waals surface area contributed by atoms with Gasteiger partial charge >= 0.3 is 0 Å². The molecule has 0 unspecified atom stereocenters. The Labute approximate surface area is 162 Å². The Hall–Kier alpha value is -2.65. The molecule has 27 heavy (non-hydrogen) atoms. The van der Waals surface area contributed by atoms with Crippen LogP contribution in [0.2, 0.25) is 0 Å². The Kier molecular flexibility index (Phi) is 5.33. The number of pyridine rings is 1. The Morgan fingerprint density at radius 3 is 2.26 bits per heavy atom. The molecule has 3 rings (SSSR count). The summed E-state index contributed by atoms with van der Waals surface area (Å²) in [4.78, 5) is 16.1. The van der Waals surface area contributed by atoms with Gasteiger partial charge in [-0.1, -0.05) is 15.9 Å². The molecular weight excluding hydrogens is 442 g/mol. The second-order valence-corrected chi connectivity index (χ2v) is 8.24. The van der Waals surface area contributed by atoms with Gasteiger partial charge in [0.25, 0.3) is 5.91 Å². The Morgan fingerprint density at radius 1 is 0.963 bits per heavy atom. The molecule has 2 aromatic carbocycles. The van der Waals surface area contributed by atoms with Crippen molar-refractivity contribution in [1.82, 2.24) is 4.98 Å². The largest absolute Gasteiger partial charge is 0.322 e. The van der Waals surface area contributed by atoms with Crippen molar-refractivity contribution in [3.8, 4) is 0 Å². The maximum absolute atomic E-state index is 13.2. The number of hydrogen-bond donors (Lipinski definition) is 1. The predicted octanol–water partition coefficient (Wildman–Crippen LogP) is 4.21. The monoisotopic (exact) mass is 452 g/mol. The molecule has 0 radical (unpaired) electrons. The molecule has 138 valence electrons. The highest BCUT2D eigenvalue weighted by molar-refractivity contribution is 9.10. The first-order chi connectivity index (χ1) is 12.8. The zero-order chi connectivity index (χ0) is 19.6. The number of aromatic nitrogens is 1. The molecule has 0 saturated carbocycles. The first-order valence-corrected chi connectivity index (χ1v) is 9.78. The van der Waals surface area contributed by atoms with Crippen LogP contribution < -0.4 is 5.32 Å². The van der Waals surface area contributed by atoms with Crippen molar-refractivity contribution < 1.29 is 22.0 Å². The van der Waals surface area contributed by atoms with Crippen molar-refractivity contribution in [3.63, 3.8) is 0 Å². The van der Waals surface area contributed by atoms with E-state index in [1.54, 1.807) is 12.1 Å². The summed E-state index contributed by atoms with van der Waals surface area (Å²) in [5.74, 6) is -2.76. The topological polar surface area (TPSA) is 76.1 Å². The van der Waals surface area contributed by atoms with Gasteiger partial charge in [-0.25, -0.2) is 22.2 Å². The van der Waals surface area contributed by atoms with Crippen molar-refractivity contribution in [2.75, 3.05) is 5.32 Å². The van der Waals surface area contributed by atoms with Gasteiger partial charge in [0.1, 0.15) is 0 Å². The van der Waals surface area contributed by atoms with E-state index < -0.39 is 27.4 Å². The van der Waals surface area contributed by atoms with Gasteiger partial charge in [0.05, 0.1) is 10.5 Å². The fourth-order valence-electron chi connectivity index (χ4n) is 2.19. The van der Waals surface area contributed by atoms with E-state index in [1.165, 1.54) is 30.3 Å². The molecule has 0 atom stereocenters. The molecule has 1 heterocycles. The zero-order valence-corrected chi connectivity index (χ0v) is 15.9. The van der Waals surface area contributed by atoms with Crippen LogP contribution >= 0.6 is 15.9 Å². The maximum atomic E-state index is 13.2. The molecule has 1 amide bonds. The average molecular weight is 453 g/mol. The van der Waals surface area contributed by atoms with Crippen molar-refractivity contribution >= 4 is 37.4 Å². The lowest BCUT2D eigenvalue weighted by molar-refractivity contribution is 0.102. The number of anilines is 1. The van der Waals surface area contributed by atoms with E-state index >= 15 is 0 Å². The zero-order valence-electron chi connectivity index (χ0n) is 13.5. The Morgan fingerprint density at radius 2 is 1.67 bits per heavy atom. The third kappa shape index (κ3) is 4.20. The Balaban J connectivity index is 1.81. The molecule has 0 saturated heterocycles. The predicted molar refractivity (Wildman–Crippen MR) is 98.1 cm³/mol. The summed E-state index contributed by atoms with van der Waals surface area (Å²) in [6.45, 7) is 0. The molecule has 3 aromatic rings. The number of sulfone groups is 1. The normalized spacial score (nSPS) is 11.2. The van der Waals surface area contributed by atoms with Gasteiger partial charge in [0.2, 0.25) is 9.84 Å². The number of halogens is 3. The lowest BCUT2D eigenvalue weighted by Gasteiger charge is -2.07. The van der Waals surface area contributed by atoms with E-state index in [0.717, 1.165) is 22.8 Å². The summed E-state index contributed by atoms with van der Waals surface area (Å²) in [5.41, 5.74) is 0.125. The molecule has 1 aromatic heterocycles. The number of hydrogen-bond acceptors (Lipinski definition) is 4. The van der Waals surface area contributed by atoms with Crippen LogP contribution in [0.4, 0.5) is 14.5 Å². The molecule has 0 aliphatic rings. The first kappa shape index (κ1) is 19.1. The fourth-order valence-corrected chi connectivity index (χ4v) is 3.62. The summed E-state index contributed by atoms with van der Waals surface area (Å²) in [7, 11) is -3.82. The average Bonchev–Trinajstić information content (AvgIpc) is 2.65. The number of carbonyl (C=O) groups is 1. The van der Waals surface area contributed by atoms with Crippen LogP contribution in [0.1, 0.15) is 10.4 Å². The molecule has 5 nitrogen and oxygen atoms in total. The molecule has 0 aliphatic heterocycles. The van der Waals surface area contributed by atoms with Gasteiger partial charge < -0.3 is 5.32 Å².